The molecule has 0 radical (unpaired) electrons. The van der Waals surface area contributed by atoms with Gasteiger partial charge in [-0.25, -0.2) is 4.98 Å². The lowest BCUT2D eigenvalue weighted by Gasteiger charge is -2.11. The van der Waals surface area contributed by atoms with E-state index in [0.29, 0.717) is 5.56 Å². The fourth-order valence-corrected chi connectivity index (χ4v) is 2.10. The van der Waals surface area contributed by atoms with E-state index in [1.165, 1.54) is 16.7 Å². The predicted molar refractivity (Wildman–Crippen MR) is 92.5 cm³/mol. The van der Waals surface area contributed by atoms with Crippen molar-refractivity contribution < 1.29 is 24.0 Å². The SMILES string of the molecule is [2H]c1c([2H])c(C([2H])([2H])[2H])c([2H])c([2H])c1-c1nc2ccc(C)cn2c1C([2H])C(=O)N(C([2H])([2H])[2H])C([2H])([2H])[2H]. The summed E-state index contributed by atoms with van der Waals surface area (Å²) < 4.78 is 111. The van der Waals surface area contributed by atoms with Crippen LogP contribution in [0.5, 0.6) is 0 Å². The quantitative estimate of drug-likeness (QED) is 0.742. The Morgan fingerprint density at radius 1 is 1.30 bits per heavy atom. The monoisotopic (exact) mass is 321 g/mol. The number of hydrogen-bond donors (Lipinski definition) is 0. The Morgan fingerprint density at radius 3 is 2.78 bits per heavy atom. The highest BCUT2D eigenvalue weighted by atomic mass is 16.2. The fraction of sp³-hybridized carbons (Fsp3) is 0.263. The van der Waals surface area contributed by atoms with Gasteiger partial charge in [0, 0.05) is 39.4 Å². The van der Waals surface area contributed by atoms with Gasteiger partial charge in [0.25, 0.3) is 0 Å². The summed E-state index contributed by atoms with van der Waals surface area (Å²) in [7, 11) is 0. The van der Waals surface area contributed by atoms with Crippen LogP contribution in [-0.4, -0.2) is 34.1 Å². The molecule has 0 spiro atoms. The van der Waals surface area contributed by atoms with Gasteiger partial charge < -0.3 is 9.30 Å². The maximum atomic E-state index is 13.2. The molecule has 0 bridgehead atoms. The minimum Gasteiger partial charge on any atom is -0.348 e. The van der Waals surface area contributed by atoms with Crippen LogP contribution >= 0.6 is 0 Å². The first-order valence-electron chi connectivity index (χ1n) is 13.6. The summed E-state index contributed by atoms with van der Waals surface area (Å²) in [5.41, 5.74) is -1.53. The van der Waals surface area contributed by atoms with Crippen LogP contribution in [0.3, 0.4) is 0 Å². The largest absolute Gasteiger partial charge is 0.348 e. The second kappa shape index (κ2) is 5.88. The van der Waals surface area contributed by atoms with Gasteiger partial charge in [-0.05, 0) is 25.4 Å². The minimum absolute atomic E-state index is 0.0757. The molecular weight excluding hydrogens is 286 g/mol. The number of hydrogen-bond acceptors (Lipinski definition) is 2. The number of amides is 1. The first-order valence-corrected chi connectivity index (χ1v) is 6.55. The van der Waals surface area contributed by atoms with Crippen molar-refractivity contribution in [1.29, 1.82) is 0 Å². The average molecular weight is 321 g/mol. The van der Waals surface area contributed by atoms with Crippen LogP contribution in [0.25, 0.3) is 16.9 Å². The molecule has 1 aromatic carbocycles. The summed E-state index contributed by atoms with van der Waals surface area (Å²) in [6.07, 6.45) is -0.824. The van der Waals surface area contributed by atoms with Crippen LogP contribution < -0.4 is 0 Å². The third kappa shape index (κ3) is 2.97. The second-order valence-corrected chi connectivity index (χ2v) is 4.85. The molecule has 2 aromatic heterocycles. The summed E-state index contributed by atoms with van der Waals surface area (Å²) in [6, 6.07) is -0.309. The highest BCUT2D eigenvalue weighted by Crippen LogP contribution is 2.26. The van der Waals surface area contributed by atoms with Crippen molar-refractivity contribution in [3.63, 3.8) is 0 Å². The average Bonchev–Trinajstić information content (AvgIpc) is 3.06. The van der Waals surface area contributed by atoms with E-state index < -0.39 is 79.8 Å². The van der Waals surface area contributed by atoms with Gasteiger partial charge in [-0.3, -0.25) is 4.79 Å². The number of fused-ring (bicyclic) bond motifs is 1. The number of aryl methyl sites for hydroxylation is 1. The standard InChI is InChI=1S/C19H21N3O/c1-13-5-8-15(9-6-13)19-16(11-18(23)21(3)4)22-12-14(2)7-10-17(22)20-19/h5-10,12H,11H2,1-4H3/i1D3,3D3,4D3,5D,6D,8D,9D,11D. The Hall–Kier alpha value is -2.62. The van der Waals surface area contributed by atoms with Gasteiger partial charge in [0.2, 0.25) is 5.91 Å². The van der Waals surface area contributed by atoms with Crippen LogP contribution in [0.1, 0.15) is 36.0 Å². The van der Waals surface area contributed by atoms with Crippen molar-refractivity contribution in [3.05, 3.63) is 59.3 Å². The van der Waals surface area contributed by atoms with Crippen molar-refractivity contribution in [2.75, 3.05) is 14.0 Å². The molecule has 1 unspecified atom stereocenters. The van der Waals surface area contributed by atoms with E-state index in [-0.39, 0.29) is 10.5 Å². The number of nitrogens with zero attached hydrogens (tertiary/aromatic N) is 3. The maximum absolute atomic E-state index is 13.2. The predicted octanol–water partition coefficient (Wildman–Crippen LogP) is 3.25. The van der Waals surface area contributed by atoms with Crippen molar-refractivity contribution in [2.45, 2.75) is 20.2 Å². The van der Waals surface area contributed by atoms with Crippen molar-refractivity contribution in [2.24, 2.45) is 0 Å². The number of benzene rings is 1. The highest BCUT2D eigenvalue weighted by molar-refractivity contribution is 5.81. The molecule has 0 saturated carbocycles. The second-order valence-electron chi connectivity index (χ2n) is 4.85. The number of carbonyl (C=O) groups is 1. The van der Waals surface area contributed by atoms with Gasteiger partial charge in [0.1, 0.15) is 5.65 Å². The zero-order chi connectivity index (χ0) is 28.4. The first-order chi connectivity index (χ1) is 16.7. The molecule has 0 aliphatic carbocycles. The van der Waals surface area contributed by atoms with E-state index in [1.807, 2.05) is 0 Å². The Balaban J connectivity index is 2.41. The van der Waals surface area contributed by atoms with Gasteiger partial charge in [0.15, 0.2) is 0 Å². The molecule has 1 amide bonds. The van der Waals surface area contributed by atoms with Gasteiger partial charge in [-0.15, -0.1) is 0 Å². The lowest BCUT2D eigenvalue weighted by atomic mass is 10.1. The summed E-state index contributed by atoms with van der Waals surface area (Å²) in [4.78, 5) is 17.0. The van der Waals surface area contributed by atoms with Crippen LogP contribution in [0, 0.1) is 13.8 Å². The smallest absolute Gasteiger partial charge is 0.228 e. The lowest BCUT2D eigenvalue weighted by Crippen LogP contribution is -2.24. The maximum Gasteiger partial charge on any atom is 0.228 e. The van der Waals surface area contributed by atoms with E-state index in [9.17, 15) is 4.79 Å². The zero-order valence-electron chi connectivity index (χ0n) is 26.1. The first kappa shape index (κ1) is 5.78. The normalized spacial score (nSPS) is 22.8. The number of rotatable bonds is 3. The van der Waals surface area contributed by atoms with Gasteiger partial charge >= 0.3 is 0 Å². The zero-order valence-corrected chi connectivity index (χ0v) is 12.1. The minimum atomic E-state index is -3.44. The molecule has 3 rings (SSSR count). The van der Waals surface area contributed by atoms with Crippen molar-refractivity contribution in [3.8, 4) is 11.3 Å². The molecule has 4 nitrogen and oxygen atoms in total. The summed E-state index contributed by atoms with van der Waals surface area (Å²) in [5, 5.41) is 0. The summed E-state index contributed by atoms with van der Waals surface area (Å²) in [6.45, 7) is -8.21. The molecular formula is C19H21N3O. The van der Waals surface area contributed by atoms with E-state index in [2.05, 4.69) is 4.98 Å². The molecule has 0 aliphatic rings. The summed E-state index contributed by atoms with van der Waals surface area (Å²) >= 11 is 0. The van der Waals surface area contributed by atoms with Gasteiger partial charge in [-0.2, -0.15) is 0 Å². The molecule has 0 fully saturated rings. The van der Waals surface area contributed by atoms with E-state index in [0.717, 1.165) is 0 Å². The molecule has 1 atom stereocenters. The van der Waals surface area contributed by atoms with E-state index in [1.54, 1.807) is 13.0 Å². The van der Waals surface area contributed by atoms with E-state index in [4.69, 9.17) is 19.2 Å². The number of pyridine rings is 1. The molecule has 0 N–H and O–H groups in total. The number of aromatic nitrogens is 2. The highest BCUT2D eigenvalue weighted by Gasteiger charge is 2.18. The topological polar surface area (TPSA) is 37.6 Å². The lowest BCUT2D eigenvalue weighted by molar-refractivity contribution is -0.128. The Bertz CT molecular complexity index is 1340. The summed E-state index contributed by atoms with van der Waals surface area (Å²) in [5.74, 6) is -1.64. The molecule has 2 heterocycles. The number of imidazole rings is 1. The molecule has 23 heavy (non-hydrogen) atoms. The molecule has 3 aromatic rings. The van der Waals surface area contributed by atoms with E-state index >= 15 is 0 Å². The third-order valence-corrected chi connectivity index (χ3v) is 3.15. The van der Waals surface area contributed by atoms with Gasteiger partial charge in [0.05, 0.1) is 23.3 Å². The van der Waals surface area contributed by atoms with Crippen molar-refractivity contribution in [1.82, 2.24) is 14.3 Å². The molecule has 0 aliphatic heterocycles. The van der Waals surface area contributed by atoms with Crippen molar-refractivity contribution >= 4 is 11.6 Å². The molecule has 118 valence electrons. The molecule has 4 heteroatoms. The van der Waals surface area contributed by atoms with Crippen LogP contribution in [-0.2, 0) is 11.2 Å². The number of likely N-dealkylation sites (N-methyl/N-ethyl adjacent to an activating group) is 1. The van der Waals surface area contributed by atoms with Crippen LogP contribution in [0.4, 0.5) is 0 Å². The Kier molecular flexibility index (Phi) is 1.48. The number of carbonyl (C=O) groups excluding carboxylic acids is 1. The third-order valence-electron chi connectivity index (χ3n) is 3.15. The van der Waals surface area contributed by atoms with Gasteiger partial charge in [-0.1, -0.05) is 35.8 Å². The van der Waals surface area contributed by atoms with Crippen LogP contribution in [0.2, 0.25) is 0 Å². The Labute approximate surface area is 156 Å². The Morgan fingerprint density at radius 2 is 2.09 bits per heavy atom. The fourth-order valence-electron chi connectivity index (χ4n) is 2.10. The van der Waals surface area contributed by atoms with Crippen LogP contribution in [0.15, 0.2) is 42.5 Å². The molecule has 0 saturated heterocycles.